The van der Waals surface area contributed by atoms with Crippen LogP contribution in [0.15, 0.2) is 24.3 Å². The van der Waals surface area contributed by atoms with Crippen molar-refractivity contribution in [3.05, 3.63) is 29.8 Å². The van der Waals surface area contributed by atoms with Gasteiger partial charge in [-0.1, -0.05) is 12.1 Å². The zero-order valence-corrected chi connectivity index (χ0v) is 12.9. The van der Waals surface area contributed by atoms with Gasteiger partial charge in [-0.3, -0.25) is 9.69 Å². The van der Waals surface area contributed by atoms with Gasteiger partial charge in [-0.05, 0) is 56.6 Å². The van der Waals surface area contributed by atoms with Gasteiger partial charge in [-0.25, -0.2) is 0 Å². The maximum atomic E-state index is 12.0. The van der Waals surface area contributed by atoms with Crippen molar-refractivity contribution in [2.24, 2.45) is 0 Å². The molecule has 0 bridgehead atoms. The summed E-state index contributed by atoms with van der Waals surface area (Å²) in [5.74, 6) is 0.924. The van der Waals surface area contributed by atoms with E-state index in [2.05, 4.69) is 17.4 Å². The fraction of sp³-hybridized carbons (Fsp3) is 0.467. The van der Waals surface area contributed by atoms with Gasteiger partial charge in [0, 0.05) is 6.04 Å². The van der Waals surface area contributed by atoms with Gasteiger partial charge >= 0.3 is 0 Å². The Labute approximate surface area is 125 Å². The summed E-state index contributed by atoms with van der Waals surface area (Å²) in [4.78, 5) is 13.7. The predicted octanol–water partition coefficient (Wildman–Crippen LogP) is 2.12. The average Bonchev–Trinajstić information content (AvgIpc) is 2.70. The lowest BCUT2D eigenvalue weighted by Crippen LogP contribution is -2.39. The molecule has 1 amide bonds. The lowest BCUT2D eigenvalue weighted by atomic mass is 10.1. The molecule has 1 aliphatic rings. The smallest absolute Gasteiger partial charge is 0.251 e. The number of carbonyl (C=O) groups is 1. The Morgan fingerprint density at radius 1 is 1.40 bits per heavy atom. The Morgan fingerprint density at radius 3 is 2.55 bits per heavy atom. The standard InChI is InChI=1S/C15H20N2O2S/c1-10(17-14(18)11(2)16-15(17)20)4-5-12-6-8-13(19-3)9-7-12/h6-11H,4-5H2,1-3H3,(H,16,20). The molecule has 4 nitrogen and oxygen atoms in total. The highest BCUT2D eigenvalue weighted by molar-refractivity contribution is 7.80. The molecular weight excluding hydrogens is 272 g/mol. The van der Waals surface area contributed by atoms with E-state index < -0.39 is 0 Å². The van der Waals surface area contributed by atoms with Crippen LogP contribution < -0.4 is 10.1 Å². The molecule has 0 spiro atoms. The second-order valence-corrected chi connectivity index (χ2v) is 5.50. The van der Waals surface area contributed by atoms with Crippen LogP contribution in [-0.4, -0.2) is 35.1 Å². The second kappa shape index (κ2) is 6.22. The molecule has 1 heterocycles. The number of thiocarbonyl (C=S) groups is 1. The Hall–Kier alpha value is -1.62. The molecule has 1 aromatic rings. The van der Waals surface area contributed by atoms with Crippen LogP contribution in [0.3, 0.4) is 0 Å². The summed E-state index contributed by atoms with van der Waals surface area (Å²) in [7, 11) is 1.66. The fourth-order valence-electron chi connectivity index (χ4n) is 2.34. The molecular formula is C15H20N2O2S. The minimum absolute atomic E-state index is 0.0669. The molecule has 2 atom stereocenters. The molecule has 2 rings (SSSR count). The Balaban J connectivity index is 1.93. The van der Waals surface area contributed by atoms with Crippen molar-refractivity contribution in [2.45, 2.75) is 38.8 Å². The van der Waals surface area contributed by atoms with Crippen molar-refractivity contribution in [1.82, 2.24) is 10.2 Å². The maximum absolute atomic E-state index is 12.0. The van der Waals surface area contributed by atoms with E-state index in [-0.39, 0.29) is 18.0 Å². The molecule has 0 saturated carbocycles. The van der Waals surface area contributed by atoms with E-state index in [9.17, 15) is 4.79 Å². The number of hydrogen-bond acceptors (Lipinski definition) is 3. The van der Waals surface area contributed by atoms with Gasteiger partial charge in [0.1, 0.15) is 11.8 Å². The topological polar surface area (TPSA) is 41.6 Å². The first-order valence-electron chi connectivity index (χ1n) is 6.79. The second-order valence-electron chi connectivity index (χ2n) is 5.12. The van der Waals surface area contributed by atoms with Crippen LogP contribution >= 0.6 is 12.2 Å². The Bertz CT molecular complexity index is 501. The van der Waals surface area contributed by atoms with Crippen LogP contribution in [0.25, 0.3) is 0 Å². The van der Waals surface area contributed by atoms with Crippen molar-refractivity contribution in [1.29, 1.82) is 0 Å². The summed E-state index contributed by atoms with van der Waals surface area (Å²) < 4.78 is 5.14. The van der Waals surface area contributed by atoms with E-state index in [0.29, 0.717) is 5.11 Å². The monoisotopic (exact) mass is 292 g/mol. The number of methoxy groups -OCH3 is 1. The van der Waals surface area contributed by atoms with Gasteiger partial charge in [0.2, 0.25) is 0 Å². The van der Waals surface area contributed by atoms with Crippen LogP contribution in [-0.2, 0) is 11.2 Å². The molecule has 1 fully saturated rings. The molecule has 0 radical (unpaired) electrons. The highest BCUT2D eigenvalue weighted by atomic mass is 32.1. The first-order valence-corrected chi connectivity index (χ1v) is 7.20. The highest BCUT2D eigenvalue weighted by Crippen LogP contribution is 2.17. The summed E-state index contributed by atoms with van der Waals surface area (Å²) in [5.41, 5.74) is 1.23. The van der Waals surface area contributed by atoms with Crippen molar-refractivity contribution >= 4 is 23.2 Å². The molecule has 1 aliphatic heterocycles. The zero-order valence-electron chi connectivity index (χ0n) is 12.1. The molecule has 20 heavy (non-hydrogen) atoms. The van der Waals surface area contributed by atoms with Crippen molar-refractivity contribution in [3.63, 3.8) is 0 Å². The Kier molecular flexibility index (Phi) is 4.60. The van der Waals surface area contributed by atoms with E-state index in [1.54, 1.807) is 12.0 Å². The molecule has 0 aromatic heterocycles. The molecule has 108 valence electrons. The number of nitrogens with zero attached hydrogens (tertiary/aromatic N) is 1. The molecule has 1 N–H and O–H groups in total. The number of ether oxygens (including phenoxy) is 1. The predicted molar refractivity (Wildman–Crippen MR) is 82.8 cm³/mol. The summed E-state index contributed by atoms with van der Waals surface area (Å²) in [5, 5.41) is 3.55. The van der Waals surface area contributed by atoms with Crippen molar-refractivity contribution in [3.8, 4) is 5.75 Å². The first kappa shape index (κ1) is 14.8. The molecule has 1 aromatic carbocycles. The third kappa shape index (κ3) is 3.10. The lowest BCUT2D eigenvalue weighted by molar-refractivity contribution is -0.128. The molecule has 2 unspecified atom stereocenters. The lowest BCUT2D eigenvalue weighted by Gasteiger charge is -2.23. The van der Waals surface area contributed by atoms with Gasteiger partial charge in [-0.15, -0.1) is 0 Å². The van der Waals surface area contributed by atoms with Crippen molar-refractivity contribution in [2.75, 3.05) is 7.11 Å². The number of aryl methyl sites for hydroxylation is 1. The van der Waals surface area contributed by atoms with Crippen LogP contribution in [0, 0.1) is 0 Å². The third-order valence-corrected chi connectivity index (χ3v) is 3.93. The van der Waals surface area contributed by atoms with Crippen LogP contribution in [0.1, 0.15) is 25.8 Å². The van der Waals surface area contributed by atoms with E-state index in [4.69, 9.17) is 17.0 Å². The Morgan fingerprint density at radius 2 is 2.05 bits per heavy atom. The normalized spacial score (nSPS) is 19.9. The van der Waals surface area contributed by atoms with E-state index in [0.717, 1.165) is 18.6 Å². The van der Waals surface area contributed by atoms with Crippen LogP contribution in [0.4, 0.5) is 0 Å². The number of nitrogens with one attached hydrogen (secondary N) is 1. The van der Waals surface area contributed by atoms with Gasteiger partial charge in [0.15, 0.2) is 5.11 Å². The minimum Gasteiger partial charge on any atom is -0.497 e. The fourth-order valence-corrected chi connectivity index (χ4v) is 2.79. The zero-order chi connectivity index (χ0) is 14.7. The van der Waals surface area contributed by atoms with Crippen LogP contribution in [0.5, 0.6) is 5.75 Å². The number of hydrogen-bond donors (Lipinski definition) is 1. The van der Waals surface area contributed by atoms with Crippen LogP contribution in [0.2, 0.25) is 0 Å². The van der Waals surface area contributed by atoms with E-state index >= 15 is 0 Å². The largest absolute Gasteiger partial charge is 0.497 e. The number of rotatable bonds is 5. The SMILES string of the molecule is COc1ccc(CCC(C)N2C(=O)C(C)NC2=S)cc1. The third-order valence-electron chi connectivity index (χ3n) is 3.62. The maximum Gasteiger partial charge on any atom is 0.251 e. The molecule has 1 saturated heterocycles. The van der Waals surface area contributed by atoms with E-state index in [1.807, 2.05) is 26.0 Å². The van der Waals surface area contributed by atoms with Gasteiger partial charge in [0.25, 0.3) is 5.91 Å². The van der Waals surface area contributed by atoms with Gasteiger partial charge in [0.05, 0.1) is 7.11 Å². The molecule has 0 aliphatic carbocycles. The van der Waals surface area contributed by atoms with E-state index in [1.165, 1.54) is 5.56 Å². The first-order chi connectivity index (χ1) is 9.52. The quantitative estimate of drug-likeness (QED) is 0.844. The number of carbonyl (C=O) groups excluding carboxylic acids is 1. The number of benzene rings is 1. The highest BCUT2D eigenvalue weighted by Gasteiger charge is 2.34. The summed E-state index contributed by atoms with van der Waals surface area (Å²) >= 11 is 5.21. The minimum atomic E-state index is -0.203. The summed E-state index contributed by atoms with van der Waals surface area (Å²) in [6.45, 7) is 3.87. The number of amides is 1. The van der Waals surface area contributed by atoms with Crippen molar-refractivity contribution < 1.29 is 9.53 Å². The van der Waals surface area contributed by atoms with Gasteiger partial charge in [-0.2, -0.15) is 0 Å². The average molecular weight is 292 g/mol. The molecule has 5 heteroatoms. The van der Waals surface area contributed by atoms with Gasteiger partial charge < -0.3 is 10.1 Å². The summed E-state index contributed by atoms with van der Waals surface area (Å²) in [6, 6.07) is 7.91. The summed E-state index contributed by atoms with van der Waals surface area (Å²) in [6.07, 6.45) is 1.79.